The average molecular weight is 334 g/mol. The van der Waals surface area contributed by atoms with Gasteiger partial charge in [0.15, 0.2) is 0 Å². The molecule has 1 atom stereocenters. The predicted octanol–water partition coefficient (Wildman–Crippen LogP) is 3.03. The van der Waals surface area contributed by atoms with E-state index >= 15 is 0 Å². The zero-order valence-corrected chi connectivity index (χ0v) is 13.1. The summed E-state index contributed by atoms with van der Waals surface area (Å²) >= 11 is 11.7. The number of nitrogens with one attached hydrogen (secondary N) is 3. The molecular formula is C13H17Cl2N3O3. The molecule has 4 N–H and O–H groups in total. The molecule has 0 aliphatic rings. The standard InChI is InChI=1S/C13H17Cl2N3O3/c1-7(2)5-11(12(19)18-21)17-13(20)16-10-4-3-8(14)6-9(10)15/h3-4,6-7,11,21H,5H2,1-2H3,(H,18,19)(H2,16,17,20)/t11-/m0/s1. The molecule has 3 amide bonds. The minimum atomic E-state index is -0.846. The summed E-state index contributed by atoms with van der Waals surface area (Å²) in [5, 5.41) is 14.4. The summed E-state index contributed by atoms with van der Waals surface area (Å²) in [4.78, 5) is 23.4. The summed E-state index contributed by atoms with van der Waals surface area (Å²) in [6.45, 7) is 3.79. The molecular weight excluding hydrogens is 317 g/mol. The van der Waals surface area contributed by atoms with Crippen LogP contribution in [0.1, 0.15) is 20.3 Å². The zero-order chi connectivity index (χ0) is 16.0. The number of carbonyl (C=O) groups is 2. The first kappa shape index (κ1) is 17.6. The molecule has 0 aromatic heterocycles. The number of benzene rings is 1. The minimum Gasteiger partial charge on any atom is -0.326 e. The van der Waals surface area contributed by atoms with E-state index in [1.165, 1.54) is 11.5 Å². The van der Waals surface area contributed by atoms with Crippen molar-refractivity contribution in [1.82, 2.24) is 10.8 Å². The highest BCUT2D eigenvalue weighted by molar-refractivity contribution is 6.36. The number of urea groups is 1. The monoisotopic (exact) mass is 333 g/mol. The fourth-order valence-electron chi connectivity index (χ4n) is 1.69. The second-order valence-corrected chi connectivity index (χ2v) is 5.72. The molecule has 0 aliphatic carbocycles. The van der Waals surface area contributed by atoms with Gasteiger partial charge in [-0.25, -0.2) is 10.3 Å². The van der Waals surface area contributed by atoms with Crippen molar-refractivity contribution in [2.45, 2.75) is 26.3 Å². The fourth-order valence-corrected chi connectivity index (χ4v) is 2.14. The average Bonchev–Trinajstić information content (AvgIpc) is 2.39. The molecule has 0 spiro atoms. The van der Waals surface area contributed by atoms with Crippen LogP contribution in [-0.2, 0) is 4.79 Å². The van der Waals surface area contributed by atoms with Crippen LogP contribution in [0.4, 0.5) is 10.5 Å². The molecule has 21 heavy (non-hydrogen) atoms. The molecule has 8 heteroatoms. The first-order chi connectivity index (χ1) is 9.83. The van der Waals surface area contributed by atoms with Crippen LogP contribution in [0.25, 0.3) is 0 Å². The summed E-state index contributed by atoms with van der Waals surface area (Å²) < 4.78 is 0. The quantitative estimate of drug-likeness (QED) is 0.493. The van der Waals surface area contributed by atoms with Gasteiger partial charge in [-0.05, 0) is 30.5 Å². The lowest BCUT2D eigenvalue weighted by Gasteiger charge is -2.19. The number of hydrogen-bond acceptors (Lipinski definition) is 3. The highest BCUT2D eigenvalue weighted by atomic mass is 35.5. The largest absolute Gasteiger partial charge is 0.326 e. The molecule has 0 saturated heterocycles. The first-order valence-corrected chi connectivity index (χ1v) is 7.05. The van der Waals surface area contributed by atoms with Crippen molar-refractivity contribution in [3.05, 3.63) is 28.2 Å². The maximum atomic E-state index is 11.9. The Kier molecular flexibility index (Phi) is 6.74. The van der Waals surface area contributed by atoms with Gasteiger partial charge in [0.2, 0.25) is 0 Å². The van der Waals surface area contributed by atoms with Gasteiger partial charge in [0.1, 0.15) is 6.04 Å². The SMILES string of the molecule is CC(C)C[C@H](NC(=O)Nc1ccc(Cl)cc1Cl)C(=O)NO. The normalized spacial score (nSPS) is 11.9. The van der Waals surface area contributed by atoms with Crippen LogP contribution < -0.4 is 16.1 Å². The van der Waals surface area contributed by atoms with Gasteiger partial charge in [0.25, 0.3) is 5.91 Å². The minimum absolute atomic E-state index is 0.159. The van der Waals surface area contributed by atoms with Crippen molar-refractivity contribution < 1.29 is 14.8 Å². The van der Waals surface area contributed by atoms with E-state index in [0.717, 1.165) is 0 Å². The summed E-state index contributed by atoms with van der Waals surface area (Å²) in [6, 6.07) is 3.17. The van der Waals surface area contributed by atoms with E-state index in [9.17, 15) is 9.59 Å². The number of amides is 3. The number of halogens is 2. The van der Waals surface area contributed by atoms with Gasteiger partial charge in [-0.15, -0.1) is 0 Å². The van der Waals surface area contributed by atoms with Crippen LogP contribution in [0.15, 0.2) is 18.2 Å². The van der Waals surface area contributed by atoms with Gasteiger partial charge in [0.05, 0.1) is 10.7 Å². The molecule has 116 valence electrons. The highest BCUT2D eigenvalue weighted by Gasteiger charge is 2.21. The van der Waals surface area contributed by atoms with Gasteiger partial charge in [0, 0.05) is 5.02 Å². The molecule has 1 aromatic rings. The molecule has 0 saturated carbocycles. The van der Waals surface area contributed by atoms with Crippen molar-refractivity contribution >= 4 is 40.8 Å². The maximum absolute atomic E-state index is 11.9. The first-order valence-electron chi connectivity index (χ1n) is 6.30. The molecule has 1 aromatic carbocycles. The lowest BCUT2D eigenvalue weighted by molar-refractivity contribution is -0.131. The number of carbonyl (C=O) groups excluding carboxylic acids is 2. The summed E-state index contributed by atoms with van der Waals surface area (Å²) in [6.07, 6.45) is 0.383. The van der Waals surface area contributed by atoms with Crippen LogP contribution in [-0.4, -0.2) is 23.2 Å². The second kappa shape index (κ2) is 8.07. The van der Waals surface area contributed by atoms with Crippen LogP contribution >= 0.6 is 23.2 Å². The smallest absolute Gasteiger partial charge is 0.319 e. The molecule has 0 heterocycles. The predicted molar refractivity (Wildman–Crippen MR) is 81.8 cm³/mol. The van der Waals surface area contributed by atoms with E-state index in [1.807, 2.05) is 13.8 Å². The van der Waals surface area contributed by atoms with Crippen LogP contribution in [0.2, 0.25) is 10.0 Å². The van der Waals surface area contributed by atoms with Crippen molar-refractivity contribution in [2.24, 2.45) is 5.92 Å². The Hall–Kier alpha value is -1.50. The molecule has 0 unspecified atom stereocenters. The van der Waals surface area contributed by atoms with Crippen molar-refractivity contribution in [2.75, 3.05) is 5.32 Å². The van der Waals surface area contributed by atoms with Crippen molar-refractivity contribution in [1.29, 1.82) is 0 Å². The van der Waals surface area contributed by atoms with Gasteiger partial charge < -0.3 is 10.6 Å². The lowest BCUT2D eigenvalue weighted by atomic mass is 10.0. The Bertz CT molecular complexity index is 523. The topological polar surface area (TPSA) is 90.5 Å². The third kappa shape index (κ3) is 5.79. The lowest BCUT2D eigenvalue weighted by Crippen LogP contribution is -2.48. The van der Waals surface area contributed by atoms with Gasteiger partial charge >= 0.3 is 6.03 Å². The summed E-state index contributed by atoms with van der Waals surface area (Å²) in [5.74, 6) is -0.521. The van der Waals surface area contributed by atoms with Gasteiger partial charge in [-0.2, -0.15) is 0 Å². The third-order valence-corrected chi connectivity index (χ3v) is 3.17. The van der Waals surface area contributed by atoms with Crippen molar-refractivity contribution in [3.8, 4) is 0 Å². The van der Waals surface area contributed by atoms with E-state index in [4.69, 9.17) is 28.4 Å². The Labute approximate surface area is 132 Å². The number of hydroxylamine groups is 1. The zero-order valence-electron chi connectivity index (χ0n) is 11.6. The Morgan fingerprint density at radius 2 is 1.95 bits per heavy atom. The fraction of sp³-hybridized carbons (Fsp3) is 0.385. The third-order valence-electron chi connectivity index (χ3n) is 2.62. The van der Waals surface area contributed by atoms with E-state index < -0.39 is 18.0 Å². The number of anilines is 1. The molecule has 6 nitrogen and oxygen atoms in total. The molecule has 0 radical (unpaired) electrons. The highest BCUT2D eigenvalue weighted by Crippen LogP contribution is 2.25. The number of hydrogen-bond donors (Lipinski definition) is 4. The molecule has 0 bridgehead atoms. The Morgan fingerprint density at radius 3 is 2.48 bits per heavy atom. The Balaban J connectivity index is 2.71. The van der Waals surface area contributed by atoms with Gasteiger partial charge in [-0.3, -0.25) is 10.0 Å². The van der Waals surface area contributed by atoms with E-state index in [1.54, 1.807) is 12.1 Å². The van der Waals surface area contributed by atoms with Crippen LogP contribution in [0, 0.1) is 5.92 Å². The van der Waals surface area contributed by atoms with E-state index in [-0.39, 0.29) is 10.9 Å². The second-order valence-electron chi connectivity index (χ2n) is 4.88. The van der Waals surface area contributed by atoms with E-state index in [0.29, 0.717) is 17.1 Å². The van der Waals surface area contributed by atoms with Crippen LogP contribution in [0.5, 0.6) is 0 Å². The van der Waals surface area contributed by atoms with Crippen molar-refractivity contribution in [3.63, 3.8) is 0 Å². The summed E-state index contributed by atoms with van der Waals surface area (Å²) in [7, 11) is 0. The Morgan fingerprint density at radius 1 is 1.29 bits per heavy atom. The van der Waals surface area contributed by atoms with Gasteiger partial charge in [-0.1, -0.05) is 37.0 Å². The maximum Gasteiger partial charge on any atom is 0.319 e. The molecule has 0 aliphatic heterocycles. The number of rotatable bonds is 5. The molecule has 1 rings (SSSR count). The summed E-state index contributed by atoms with van der Waals surface area (Å²) in [5.41, 5.74) is 1.90. The van der Waals surface area contributed by atoms with Crippen LogP contribution in [0.3, 0.4) is 0 Å². The molecule has 0 fully saturated rings. The van der Waals surface area contributed by atoms with E-state index in [2.05, 4.69) is 10.6 Å².